The number of rotatable bonds is 14. The highest BCUT2D eigenvalue weighted by Crippen LogP contribution is 2.48. The highest BCUT2D eigenvalue weighted by Gasteiger charge is 2.56. The Bertz CT molecular complexity index is 2130. The molecule has 0 aliphatic carbocycles. The van der Waals surface area contributed by atoms with E-state index in [1.807, 2.05) is 77.9 Å². The van der Waals surface area contributed by atoms with E-state index in [-0.39, 0.29) is 72.6 Å². The Balaban J connectivity index is 1.06. The molecule has 5 saturated heterocycles. The first-order chi connectivity index (χ1) is 33.3. The van der Waals surface area contributed by atoms with Crippen LogP contribution in [0.5, 0.6) is 0 Å². The maximum absolute atomic E-state index is 14.7. The van der Waals surface area contributed by atoms with Crippen molar-refractivity contribution < 1.29 is 28.8 Å². The molecule has 5 aliphatic rings. The van der Waals surface area contributed by atoms with Gasteiger partial charge in [0.2, 0.25) is 35.4 Å². The summed E-state index contributed by atoms with van der Waals surface area (Å²) in [6.07, 6.45) is 2.33. The molecule has 0 bridgehead atoms. The van der Waals surface area contributed by atoms with E-state index in [0.717, 1.165) is 0 Å². The molecule has 70 heavy (non-hydrogen) atoms. The summed E-state index contributed by atoms with van der Waals surface area (Å²) >= 11 is 14.6. The van der Waals surface area contributed by atoms with Gasteiger partial charge in [0.05, 0.1) is 32.8 Å². The summed E-state index contributed by atoms with van der Waals surface area (Å²) in [7, 11) is 3.61. The van der Waals surface area contributed by atoms with Crippen molar-refractivity contribution in [3.63, 3.8) is 0 Å². The Morgan fingerprint density at radius 3 is 1.27 bits per heavy atom. The maximum atomic E-state index is 14.7. The molecule has 5 aliphatic heterocycles. The van der Waals surface area contributed by atoms with Crippen molar-refractivity contribution in [2.75, 3.05) is 51.8 Å². The van der Waals surface area contributed by atoms with E-state index in [1.54, 1.807) is 81.5 Å². The third-order valence-electron chi connectivity index (χ3n) is 14.6. The number of carbonyl (C=O) groups excluding carboxylic acids is 6. The lowest BCUT2D eigenvalue weighted by molar-refractivity contribution is -0.147. The summed E-state index contributed by atoms with van der Waals surface area (Å²) in [6.45, 7) is 12.5. The van der Waals surface area contributed by atoms with Crippen LogP contribution in [0.3, 0.4) is 0 Å². The molecule has 5 heterocycles. The number of hydrogen-bond acceptors (Lipinski definition) is 12. The Kier molecular flexibility index (Phi) is 17.3. The van der Waals surface area contributed by atoms with Crippen molar-refractivity contribution in [3.05, 3.63) is 71.8 Å². The predicted octanol–water partition coefficient (Wildman–Crippen LogP) is 3.34. The van der Waals surface area contributed by atoms with Crippen LogP contribution in [0.4, 0.5) is 0 Å². The van der Waals surface area contributed by atoms with Gasteiger partial charge in [-0.25, -0.2) is 0 Å². The lowest BCUT2D eigenvalue weighted by atomic mass is 9.83. The monoisotopic (exact) mass is 1030 g/mol. The molecule has 2 unspecified atom stereocenters. The average molecular weight is 1040 g/mol. The fourth-order valence-electron chi connectivity index (χ4n) is 10.4. The first-order valence-electron chi connectivity index (χ1n) is 24.4. The van der Waals surface area contributed by atoms with Crippen molar-refractivity contribution in [2.24, 2.45) is 10.8 Å². The molecule has 2 aromatic carbocycles. The number of piperazine rings is 1. The third kappa shape index (κ3) is 11.5. The van der Waals surface area contributed by atoms with E-state index in [2.05, 4.69) is 31.9 Å². The standard InChI is InChI=1S/C50H70N10O6S4/c1-29(51-7)43(67)53-33-19-25-69-35-27-49(3,4)39(59(35)45(33)63)41(61)55-37(31-15-11-9-12-16-31)47(65)57-21-23-58(24-22-57)48(66)38(32-17-13-10-14-18-32)56-42(62)40-50(5,6)28-36-60(40)46(64)34(20-26-70-36)54-44(68)30(2)52-8/h9-18,29-30,33-40,51-52H,19-28H2,1-8H3,(H,53,67)(H,54,68)(H,55,61)(H,56,62)/t29-,30+,33-,34-,35?,36?,37-,38-,39+,40+/m0/s1. The second-order valence-electron chi connectivity index (χ2n) is 20.4. The number of carbonyl (C=O) groups is 6. The van der Waals surface area contributed by atoms with Gasteiger partial charge in [-0.05, 0) is 87.1 Å². The molecule has 0 spiro atoms. The van der Waals surface area contributed by atoms with Crippen LogP contribution in [0.1, 0.15) is 90.4 Å². The Hall–Kier alpha value is -4.34. The first kappa shape index (κ1) is 53.5. The fraction of sp³-hybridized carbons (Fsp3) is 0.600. The van der Waals surface area contributed by atoms with Gasteiger partial charge in [0.1, 0.15) is 36.3 Å². The quantitative estimate of drug-likeness (QED) is 0.151. The molecule has 16 nitrogen and oxygen atoms in total. The van der Waals surface area contributed by atoms with Gasteiger partial charge in [-0.15, -0.1) is 23.5 Å². The Labute approximate surface area is 432 Å². The van der Waals surface area contributed by atoms with Gasteiger partial charge < -0.3 is 51.5 Å². The van der Waals surface area contributed by atoms with Crippen molar-refractivity contribution in [1.29, 1.82) is 0 Å². The second-order valence-corrected chi connectivity index (χ2v) is 23.9. The van der Waals surface area contributed by atoms with Crippen LogP contribution in [0.25, 0.3) is 0 Å². The molecule has 0 saturated carbocycles. The van der Waals surface area contributed by atoms with Crippen molar-refractivity contribution in [1.82, 2.24) is 51.5 Å². The van der Waals surface area contributed by atoms with Crippen LogP contribution in [0.2, 0.25) is 0 Å². The van der Waals surface area contributed by atoms with Gasteiger partial charge in [0.15, 0.2) is 0 Å². The summed E-state index contributed by atoms with van der Waals surface area (Å²) in [5, 5.41) is 18.5. The van der Waals surface area contributed by atoms with Gasteiger partial charge >= 0.3 is 0 Å². The van der Waals surface area contributed by atoms with Crippen LogP contribution in [-0.4, -0.2) is 164 Å². The van der Waals surface area contributed by atoms with E-state index in [9.17, 15) is 28.8 Å². The first-order valence-corrected chi connectivity index (χ1v) is 27.3. The highest BCUT2D eigenvalue weighted by atomic mass is 32.2. The van der Waals surface area contributed by atoms with E-state index < -0.39 is 58.9 Å². The zero-order valence-electron chi connectivity index (χ0n) is 41.5. The zero-order chi connectivity index (χ0) is 50.7. The minimum Gasteiger partial charge on any atom is -0.367 e. The maximum Gasteiger partial charge on any atom is 0.249 e. The average Bonchev–Trinajstić information content (AvgIpc) is 3.67. The largest absolute Gasteiger partial charge is 0.367 e. The van der Waals surface area contributed by atoms with Gasteiger partial charge in [-0.1, -0.05) is 113 Å². The molecule has 5 fully saturated rings. The van der Waals surface area contributed by atoms with Crippen LogP contribution in [0, 0.1) is 10.8 Å². The van der Waals surface area contributed by atoms with Crippen LogP contribution in [-0.2, 0) is 28.8 Å². The SMILES string of the molecule is CN[C@@H](C)C(=S)N[C@H]1CCSC2CC(C)(C)[C@@H](C(=O)N[C@H](C(=O)N3CCN(C(=O)[C@@H](NC(=O)[C@H]4N5C(=O)[C@@H](NC(=S)[C@@H](C)NC)CCSC5CC4(C)C)c4ccccc4)CC3)c3ccccc3)N2C1=O. The third-order valence-corrected chi connectivity index (χ3v) is 18.1. The summed E-state index contributed by atoms with van der Waals surface area (Å²) in [5.41, 5.74) is -0.0168. The zero-order valence-corrected chi connectivity index (χ0v) is 44.8. The molecule has 20 heteroatoms. The number of benzene rings is 2. The molecule has 2 aromatic rings. The molecular weight excluding hydrogens is 965 g/mol. The van der Waals surface area contributed by atoms with Crippen molar-refractivity contribution >= 4 is 93.4 Å². The number of nitrogens with one attached hydrogen (secondary N) is 6. The number of thioether (sulfide) groups is 2. The minimum absolute atomic E-state index is 0.142. The molecular formula is C50H70N10O6S4. The molecule has 7 rings (SSSR count). The number of hydrogen-bond donors (Lipinski definition) is 6. The van der Waals surface area contributed by atoms with E-state index >= 15 is 0 Å². The van der Waals surface area contributed by atoms with Crippen LogP contribution < -0.4 is 31.9 Å². The normalized spacial score (nSPS) is 26.9. The summed E-state index contributed by atoms with van der Waals surface area (Å²) in [5.74, 6) is -0.440. The van der Waals surface area contributed by atoms with Crippen molar-refractivity contribution in [3.8, 4) is 0 Å². The van der Waals surface area contributed by atoms with Gasteiger partial charge in [0.25, 0.3) is 0 Å². The molecule has 6 N–H and O–H groups in total. The van der Waals surface area contributed by atoms with E-state index in [4.69, 9.17) is 24.4 Å². The molecule has 6 amide bonds. The number of thiocarbonyl (C=S) groups is 2. The van der Waals surface area contributed by atoms with Gasteiger partial charge in [-0.2, -0.15) is 0 Å². The topological polar surface area (TPSA) is 188 Å². The van der Waals surface area contributed by atoms with E-state index in [1.165, 1.54) is 0 Å². The number of likely N-dealkylation sites (N-methyl/N-ethyl adjacent to an activating group) is 2. The molecule has 10 atom stereocenters. The van der Waals surface area contributed by atoms with E-state index in [0.29, 0.717) is 58.3 Å². The smallest absolute Gasteiger partial charge is 0.249 e. The number of amides is 6. The molecule has 0 radical (unpaired) electrons. The summed E-state index contributed by atoms with van der Waals surface area (Å²) in [6, 6.07) is 12.9. The lowest BCUT2D eigenvalue weighted by Crippen LogP contribution is -2.60. The summed E-state index contributed by atoms with van der Waals surface area (Å²) in [4.78, 5) is 95.6. The van der Waals surface area contributed by atoms with Crippen LogP contribution >= 0.6 is 48.0 Å². The van der Waals surface area contributed by atoms with Crippen LogP contribution in [0.15, 0.2) is 60.7 Å². The molecule has 380 valence electrons. The predicted molar refractivity (Wildman–Crippen MR) is 284 cm³/mol. The lowest BCUT2D eigenvalue weighted by Gasteiger charge is -2.39. The Morgan fingerprint density at radius 2 is 0.943 bits per heavy atom. The summed E-state index contributed by atoms with van der Waals surface area (Å²) < 4.78 is 0. The van der Waals surface area contributed by atoms with Crippen molar-refractivity contribution in [2.45, 2.75) is 126 Å². The fourth-order valence-corrected chi connectivity index (χ4v) is 14.1. The number of nitrogens with zero attached hydrogens (tertiary/aromatic N) is 4. The Morgan fingerprint density at radius 1 is 0.600 bits per heavy atom. The van der Waals surface area contributed by atoms with Gasteiger partial charge in [-0.3, -0.25) is 28.8 Å². The van der Waals surface area contributed by atoms with Gasteiger partial charge in [0, 0.05) is 26.2 Å². The second kappa shape index (κ2) is 22.6. The molecule has 0 aromatic heterocycles. The number of fused-ring (bicyclic) bond motifs is 2. The minimum atomic E-state index is -1.06. The highest BCUT2D eigenvalue weighted by molar-refractivity contribution is 8.00.